The second kappa shape index (κ2) is 6.71. The van der Waals surface area contributed by atoms with E-state index in [4.69, 9.17) is 5.73 Å². The van der Waals surface area contributed by atoms with Gasteiger partial charge in [-0.25, -0.2) is 0 Å². The first kappa shape index (κ1) is 16.0. The van der Waals surface area contributed by atoms with E-state index in [-0.39, 0.29) is 11.6 Å². The fourth-order valence-corrected chi connectivity index (χ4v) is 3.50. The van der Waals surface area contributed by atoms with E-state index < -0.39 is 0 Å². The summed E-state index contributed by atoms with van der Waals surface area (Å²) >= 11 is 0. The third-order valence-electron chi connectivity index (χ3n) is 5.09. The predicted octanol–water partition coefficient (Wildman–Crippen LogP) is 3.82. The molecule has 0 saturated heterocycles. The van der Waals surface area contributed by atoms with E-state index in [0.29, 0.717) is 12.1 Å². The molecule has 3 rings (SSSR count). The molecule has 3 nitrogen and oxygen atoms in total. The summed E-state index contributed by atoms with van der Waals surface area (Å²) in [5, 5.41) is 0. The molecule has 0 amide bonds. The van der Waals surface area contributed by atoms with Crippen LogP contribution in [0.15, 0.2) is 35.1 Å². The molecule has 0 bridgehead atoms. The lowest BCUT2D eigenvalue weighted by molar-refractivity contribution is 0.516. The first-order valence-electron chi connectivity index (χ1n) is 8.72. The van der Waals surface area contributed by atoms with Gasteiger partial charge in [0.1, 0.15) is 0 Å². The smallest absolute Gasteiger partial charge is 0.255 e. The van der Waals surface area contributed by atoms with Crippen molar-refractivity contribution in [2.45, 2.75) is 58.5 Å². The van der Waals surface area contributed by atoms with Crippen molar-refractivity contribution in [2.75, 3.05) is 0 Å². The topological polar surface area (TPSA) is 48.0 Å². The summed E-state index contributed by atoms with van der Waals surface area (Å²) in [6.07, 6.45) is 5.80. The second-order valence-corrected chi connectivity index (χ2v) is 6.57. The van der Waals surface area contributed by atoms with Crippen molar-refractivity contribution in [3.63, 3.8) is 0 Å². The highest BCUT2D eigenvalue weighted by Crippen LogP contribution is 2.28. The second-order valence-electron chi connectivity index (χ2n) is 6.57. The number of benzene rings is 1. The largest absolute Gasteiger partial charge is 0.326 e. The van der Waals surface area contributed by atoms with E-state index in [1.165, 1.54) is 30.4 Å². The summed E-state index contributed by atoms with van der Waals surface area (Å²) in [5.41, 5.74) is 11.5. The van der Waals surface area contributed by atoms with E-state index in [0.717, 1.165) is 24.1 Å². The highest BCUT2D eigenvalue weighted by Gasteiger charge is 2.16. The molecule has 0 aliphatic heterocycles. The summed E-state index contributed by atoms with van der Waals surface area (Å²) < 4.78 is 1.92. The van der Waals surface area contributed by atoms with Crippen LogP contribution in [0.1, 0.15) is 55.8 Å². The molecule has 0 radical (unpaired) electrons. The normalized spacial score (nSPS) is 15.3. The molecule has 2 aromatic rings. The van der Waals surface area contributed by atoms with Gasteiger partial charge < -0.3 is 10.3 Å². The van der Waals surface area contributed by atoms with Crippen molar-refractivity contribution in [3.05, 3.63) is 57.4 Å². The number of hydrogen-bond acceptors (Lipinski definition) is 2. The van der Waals surface area contributed by atoms with Gasteiger partial charge in [0.15, 0.2) is 0 Å². The van der Waals surface area contributed by atoms with Crippen LogP contribution in [0, 0.1) is 0 Å². The van der Waals surface area contributed by atoms with Crippen molar-refractivity contribution < 1.29 is 0 Å². The Balaban J connectivity index is 2.16. The third kappa shape index (κ3) is 2.98. The van der Waals surface area contributed by atoms with Crippen molar-refractivity contribution in [2.24, 2.45) is 5.73 Å². The number of rotatable bonds is 4. The number of nitrogens with zero attached hydrogens (tertiary/aromatic N) is 1. The molecular formula is C20H26N2O. The number of pyridine rings is 1. The quantitative estimate of drug-likeness (QED) is 0.933. The molecule has 0 spiro atoms. The van der Waals surface area contributed by atoms with Crippen LogP contribution in [0.5, 0.6) is 0 Å². The van der Waals surface area contributed by atoms with Crippen molar-refractivity contribution in [3.8, 4) is 11.3 Å². The molecule has 1 aromatic heterocycles. The predicted molar refractivity (Wildman–Crippen MR) is 95.7 cm³/mol. The minimum Gasteiger partial charge on any atom is -0.326 e. The lowest BCUT2D eigenvalue weighted by atomic mass is 9.89. The van der Waals surface area contributed by atoms with Crippen molar-refractivity contribution >= 4 is 0 Å². The third-order valence-corrected chi connectivity index (χ3v) is 5.09. The van der Waals surface area contributed by atoms with Crippen LogP contribution in [0.25, 0.3) is 11.3 Å². The van der Waals surface area contributed by atoms with E-state index in [9.17, 15) is 4.79 Å². The van der Waals surface area contributed by atoms with Gasteiger partial charge in [0.05, 0.1) is 5.69 Å². The van der Waals surface area contributed by atoms with E-state index >= 15 is 0 Å². The maximum Gasteiger partial charge on any atom is 0.255 e. The van der Waals surface area contributed by atoms with Crippen LogP contribution in [0.2, 0.25) is 0 Å². The minimum absolute atomic E-state index is 0.0528. The van der Waals surface area contributed by atoms with Gasteiger partial charge >= 0.3 is 0 Å². The van der Waals surface area contributed by atoms with Crippen molar-refractivity contribution in [1.29, 1.82) is 0 Å². The molecule has 1 unspecified atom stereocenters. The molecule has 1 heterocycles. The van der Waals surface area contributed by atoms with Gasteiger partial charge in [0.25, 0.3) is 5.56 Å². The van der Waals surface area contributed by atoms with E-state index in [1.54, 1.807) is 0 Å². The molecule has 0 saturated carbocycles. The average Bonchev–Trinajstić information content (AvgIpc) is 2.60. The molecule has 1 aliphatic carbocycles. The van der Waals surface area contributed by atoms with Gasteiger partial charge in [-0.05, 0) is 67.9 Å². The number of nitrogens with two attached hydrogens (primary N) is 1. The van der Waals surface area contributed by atoms with E-state index in [2.05, 4.69) is 38.1 Å². The van der Waals surface area contributed by atoms with Gasteiger partial charge in [0, 0.05) is 18.2 Å². The monoisotopic (exact) mass is 310 g/mol. The lowest BCUT2D eigenvalue weighted by Gasteiger charge is -2.22. The standard InChI is InChI=1S/C20H26N2O/c1-3-14(2)22-19(11-10-18(13-21)20(22)23)17-9-8-15-6-4-5-7-16(15)12-17/h8-12,14H,3-7,13,21H2,1-2H3. The Bertz CT molecular complexity index is 761. The van der Waals surface area contributed by atoms with Crippen LogP contribution in [0.4, 0.5) is 0 Å². The Hall–Kier alpha value is -1.87. The highest BCUT2D eigenvalue weighted by molar-refractivity contribution is 5.62. The molecule has 1 aromatic carbocycles. The Morgan fingerprint density at radius 1 is 1.13 bits per heavy atom. The first-order chi connectivity index (χ1) is 11.2. The van der Waals surface area contributed by atoms with Gasteiger partial charge in [0.2, 0.25) is 0 Å². The van der Waals surface area contributed by atoms with Gasteiger partial charge in [-0.15, -0.1) is 0 Å². The fourth-order valence-electron chi connectivity index (χ4n) is 3.50. The summed E-state index contributed by atoms with van der Waals surface area (Å²) in [5.74, 6) is 0. The highest BCUT2D eigenvalue weighted by atomic mass is 16.1. The summed E-state index contributed by atoms with van der Waals surface area (Å²) in [6, 6.07) is 10.8. The Kier molecular flexibility index (Phi) is 4.67. The van der Waals surface area contributed by atoms with Gasteiger partial charge in [-0.1, -0.05) is 25.1 Å². The number of fused-ring (bicyclic) bond motifs is 1. The SMILES string of the molecule is CCC(C)n1c(-c2ccc3c(c2)CCCC3)ccc(CN)c1=O. The molecule has 23 heavy (non-hydrogen) atoms. The number of aromatic nitrogens is 1. The minimum atomic E-state index is 0.0528. The maximum atomic E-state index is 12.8. The molecule has 0 fully saturated rings. The van der Waals surface area contributed by atoms with Crippen LogP contribution < -0.4 is 11.3 Å². The van der Waals surface area contributed by atoms with Gasteiger partial charge in [-0.3, -0.25) is 4.79 Å². The van der Waals surface area contributed by atoms with Crippen LogP contribution in [0.3, 0.4) is 0 Å². The maximum absolute atomic E-state index is 12.8. The number of hydrogen-bond donors (Lipinski definition) is 1. The molecule has 3 heteroatoms. The first-order valence-corrected chi connectivity index (χ1v) is 8.72. The number of aryl methyl sites for hydroxylation is 2. The van der Waals surface area contributed by atoms with E-state index in [1.807, 2.05) is 10.6 Å². The average molecular weight is 310 g/mol. The lowest BCUT2D eigenvalue weighted by Crippen LogP contribution is -2.28. The summed E-state index contributed by atoms with van der Waals surface area (Å²) in [4.78, 5) is 12.8. The zero-order chi connectivity index (χ0) is 16.4. The fraction of sp³-hybridized carbons (Fsp3) is 0.450. The van der Waals surface area contributed by atoms with Crippen LogP contribution in [-0.4, -0.2) is 4.57 Å². The summed E-state index contributed by atoms with van der Waals surface area (Å²) in [7, 11) is 0. The van der Waals surface area contributed by atoms with Crippen LogP contribution in [-0.2, 0) is 19.4 Å². The summed E-state index contributed by atoms with van der Waals surface area (Å²) in [6.45, 7) is 4.51. The van der Waals surface area contributed by atoms with Crippen LogP contribution >= 0.6 is 0 Å². The Labute approximate surface area is 138 Å². The van der Waals surface area contributed by atoms with Gasteiger partial charge in [-0.2, -0.15) is 0 Å². The molecule has 1 aliphatic rings. The Morgan fingerprint density at radius 3 is 2.57 bits per heavy atom. The Morgan fingerprint density at radius 2 is 1.87 bits per heavy atom. The molecular weight excluding hydrogens is 284 g/mol. The molecule has 122 valence electrons. The zero-order valence-electron chi connectivity index (χ0n) is 14.1. The molecule has 1 atom stereocenters. The zero-order valence-corrected chi connectivity index (χ0v) is 14.1. The molecule has 2 N–H and O–H groups in total. The van der Waals surface area contributed by atoms with Crippen molar-refractivity contribution in [1.82, 2.24) is 4.57 Å².